The van der Waals surface area contributed by atoms with Crippen LogP contribution >= 0.6 is 11.8 Å². The monoisotopic (exact) mass is 293 g/mol. The Hall–Kier alpha value is -1.53. The number of carbonyl (C=O) groups is 2. The van der Waals surface area contributed by atoms with E-state index in [2.05, 4.69) is 10.6 Å². The Balaban J connectivity index is 2.27. The number of benzene rings is 1. The van der Waals surface area contributed by atoms with Gasteiger partial charge in [-0.3, -0.25) is 9.59 Å². The Bertz CT molecular complexity index is 507. The number of hydrogen-bond donors (Lipinski definition) is 2. The zero-order chi connectivity index (χ0) is 14.5. The summed E-state index contributed by atoms with van der Waals surface area (Å²) in [6.07, 6.45) is 1.94. The van der Waals surface area contributed by atoms with E-state index in [1.54, 1.807) is 11.9 Å². The van der Waals surface area contributed by atoms with Crippen LogP contribution in [0.25, 0.3) is 0 Å². The van der Waals surface area contributed by atoms with Crippen molar-refractivity contribution in [2.75, 3.05) is 32.9 Å². The highest BCUT2D eigenvalue weighted by molar-refractivity contribution is 7.98. The van der Waals surface area contributed by atoms with Gasteiger partial charge in [0.1, 0.15) is 6.04 Å². The van der Waals surface area contributed by atoms with Gasteiger partial charge < -0.3 is 15.5 Å². The van der Waals surface area contributed by atoms with E-state index < -0.39 is 6.04 Å². The summed E-state index contributed by atoms with van der Waals surface area (Å²) in [6.45, 7) is 1.74. The Morgan fingerprint density at radius 2 is 2.15 bits per heavy atom. The number of nitrogens with zero attached hydrogens (tertiary/aromatic N) is 1. The molecule has 2 amide bonds. The fraction of sp³-hybridized carbons (Fsp3) is 0.429. The van der Waals surface area contributed by atoms with Gasteiger partial charge in [0.25, 0.3) is 5.91 Å². The lowest BCUT2D eigenvalue weighted by Gasteiger charge is -2.35. The van der Waals surface area contributed by atoms with Crippen molar-refractivity contribution in [3.8, 4) is 0 Å². The number of amides is 2. The second-order valence-corrected chi connectivity index (χ2v) is 5.38. The van der Waals surface area contributed by atoms with Crippen molar-refractivity contribution < 1.29 is 9.59 Å². The standard InChI is InChI=1S/C14H19N3O2S/c1-15-13(18)11-9-16-7-8-17(11)14(19)10-5-3-4-6-12(10)20-2/h3-6,11,16H,7-9H2,1-2H3,(H,15,18). The average molecular weight is 293 g/mol. The van der Waals surface area contributed by atoms with Crippen LogP contribution in [0.2, 0.25) is 0 Å². The summed E-state index contributed by atoms with van der Waals surface area (Å²) >= 11 is 1.54. The topological polar surface area (TPSA) is 61.4 Å². The molecule has 1 aliphatic heterocycles. The van der Waals surface area contributed by atoms with Crippen molar-refractivity contribution in [2.24, 2.45) is 0 Å². The molecule has 1 aromatic rings. The molecule has 0 saturated carbocycles. The van der Waals surface area contributed by atoms with Crippen molar-refractivity contribution in [2.45, 2.75) is 10.9 Å². The first-order valence-corrected chi connectivity index (χ1v) is 7.77. The second kappa shape index (κ2) is 6.76. The van der Waals surface area contributed by atoms with Crippen molar-refractivity contribution in [3.63, 3.8) is 0 Å². The van der Waals surface area contributed by atoms with Crippen molar-refractivity contribution in [1.29, 1.82) is 0 Å². The van der Waals surface area contributed by atoms with Crippen LogP contribution in [0.3, 0.4) is 0 Å². The third kappa shape index (κ3) is 2.96. The molecule has 1 aromatic carbocycles. The van der Waals surface area contributed by atoms with Crippen LogP contribution < -0.4 is 10.6 Å². The molecule has 5 nitrogen and oxygen atoms in total. The van der Waals surface area contributed by atoms with E-state index in [9.17, 15) is 9.59 Å². The van der Waals surface area contributed by atoms with Crippen molar-refractivity contribution in [3.05, 3.63) is 29.8 Å². The lowest BCUT2D eigenvalue weighted by atomic mass is 10.1. The fourth-order valence-corrected chi connectivity index (χ4v) is 2.91. The van der Waals surface area contributed by atoms with Crippen molar-refractivity contribution >= 4 is 23.6 Å². The first-order valence-electron chi connectivity index (χ1n) is 6.55. The van der Waals surface area contributed by atoms with Gasteiger partial charge in [-0.1, -0.05) is 12.1 Å². The molecule has 0 bridgehead atoms. The summed E-state index contributed by atoms with van der Waals surface area (Å²) in [7, 11) is 1.59. The number of hydrogen-bond acceptors (Lipinski definition) is 4. The molecule has 0 spiro atoms. The Kier molecular flexibility index (Phi) is 5.03. The normalized spacial score (nSPS) is 18.7. The van der Waals surface area contributed by atoms with E-state index in [0.29, 0.717) is 25.2 Å². The lowest BCUT2D eigenvalue weighted by Crippen LogP contribution is -2.59. The summed E-state index contributed by atoms with van der Waals surface area (Å²) in [5, 5.41) is 5.78. The van der Waals surface area contributed by atoms with Gasteiger partial charge in [0, 0.05) is 31.6 Å². The zero-order valence-electron chi connectivity index (χ0n) is 11.7. The molecule has 2 N–H and O–H groups in total. The van der Waals surface area contributed by atoms with Gasteiger partial charge in [0.05, 0.1) is 5.56 Å². The van der Waals surface area contributed by atoms with Crippen LogP contribution in [0.15, 0.2) is 29.2 Å². The molecule has 108 valence electrons. The number of likely N-dealkylation sites (N-methyl/N-ethyl adjacent to an activating group) is 1. The first-order chi connectivity index (χ1) is 9.69. The van der Waals surface area contributed by atoms with Gasteiger partial charge in [-0.2, -0.15) is 0 Å². The maximum absolute atomic E-state index is 12.7. The smallest absolute Gasteiger partial charge is 0.255 e. The van der Waals surface area contributed by atoms with Crippen LogP contribution in [-0.2, 0) is 4.79 Å². The molecular formula is C14H19N3O2S. The number of rotatable bonds is 3. The Morgan fingerprint density at radius 3 is 2.85 bits per heavy atom. The van der Waals surface area contributed by atoms with Crippen LogP contribution in [0, 0.1) is 0 Å². The third-order valence-electron chi connectivity index (χ3n) is 3.39. The van der Waals surface area contributed by atoms with Gasteiger partial charge >= 0.3 is 0 Å². The average Bonchev–Trinajstić information content (AvgIpc) is 2.53. The Morgan fingerprint density at radius 1 is 1.40 bits per heavy atom. The molecule has 20 heavy (non-hydrogen) atoms. The predicted molar refractivity (Wildman–Crippen MR) is 80.0 cm³/mol. The van der Waals surface area contributed by atoms with Gasteiger partial charge in [0.15, 0.2) is 0 Å². The summed E-state index contributed by atoms with van der Waals surface area (Å²) in [6, 6.07) is 7.06. The molecule has 1 fully saturated rings. The highest BCUT2D eigenvalue weighted by Crippen LogP contribution is 2.22. The van der Waals surface area contributed by atoms with Gasteiger partial charge in [-0.15, -0.1) is 11.8 Å². The van der Waals surface area contributed by atoms with Crippen LogP contribution in [0.4, 0.5) is 0 Å². The van der Waals surface area contributed by atoms with E-state index in [1.807, 2.05) is 30.5 Å². The molecule has 1 atom stereocenters. The first kappa shape index (κ1) is 14.9. The second-order valence-electron chi connectivity index (χ2n) is 4.53. The van der Waals surface area contributed by atoms with Gasteiger partial charge in [-0.25, -0.2) is 0 Å². The quantitative estimate of drug-likeness (QED) is 0.800. The highest BCUT2D eigenvalue weighted by Gasteiger charge is 2.32. The number of thioether (sulfide) groups is 1. The molecule has 0 aliphatic carbocycles. The van der Waals surface area contributed by atoms with E-state index >= 15 is 0 Å². The minimum absolute atomic E-state index is 0.0787. The van der Waals surface area contributed by atoms with E-state index in [1.165, 1.54) is 11.8 Å². The van der Waals surface area contributed by atoms with E-state index in [0.717, 1.165) is 4.90 Å². The lowest BCUT2D eigenvalue weighted by molar-refractivity contribution is -0.125. The van der Waals surface area contributed by atoms with Crippen molar-refractivity contribution in [1.82, 2.24) is 15.5 Å². The SMILES string of the molecule is CNC(=O)C1CNCCN1C(=O)c1ccccc1SC. The minimum Gasteiger partial charge on any atom is -0.357 e. The molecule has 1 unspecified atom stereocenters. The minimum atomic E-state index is -0.448. The predicted octanol–water partition coefficient (Wildman–Crippen LogP) is 0.569. The van der Waals surface area contributed by atoms with E-state index in [-0.39, 0.29) is 11.8 Å². The largest absolute Gasteiger partial charge is 0.357 e. The molecule has 1 heterocycles. The Labute approximate surface area is 123 Å². The summed E-state index contributed by atoms with van der Waals surface area (Å²) < 4.78 is 0. The van der Waals surface area contributed by atoms with Gasteiger partial charge in [0.2, 0.25) is 5.91 Å². The summed E-state index contributed by atoms with van der Waals surface area (Å²) in [5.74, 6) is -0.211. The van der Waals surface area contributed by atoms with Crippen LogP contribution in [-0.4, -0.2) is 55.7 Å². The molecule has 1 aliphatic rings. The number of nitrogens with one attached hydrogen (secondary N) is 2. The van der Waals surface area contributed by atoms with E-state index in [4.69, 9.17) is 0 Å². The number of piperazine rings is 1. The maximum Gasteiger partial charge on any atom is 0.255 e. The van der Waals surface area contributed by atoms with Crippen LogP contribution in [0.5, 0.6) is 0 Å². The van der Waals surface area contributed by atoms with Gasteiger partial charge in [-0.05, 0) is 18.4 Å². The maximum atomic E-state index is 12.7. The summed E-state index contributed by atoms with van der Waals surface area (Å²) in [4.78, 5) is 27.2. The molecular weight excluding hydrogens is 274 g/mol. The zero-order valence-corrected chi connectivity index (χ0v) is 12.5. The number of carbonyl (C=O) groups excluding carboxylic acids is 2. The fourth-order valence-electron chi connectivity index (χ4n) is 2.32. The molecule has 6 heteroatoms. The third-order valence-corrected chi connectivity index (χ3v) is 4.19. The highest BCUT2D eigenvalue weighted by atomic mass is 32.2. The molecule has 0 aromatic heterocycles. The summed E-state index contributed by atoms with van der Waals surface area (Å²) in [5.41, 5.74) is 0.663. The molecule has 1 saturated heterocycles. The molecule has 0 radical (unpaired) electrons. The van der Waals surface area contributed by atoms with Crippen LogP contribution in [0.1, 0.15) is 10.4 Å². The molecule has 2 rings (SSSR count).